The molecule has 0 amide bonds. The summed E-state index contributed by atoms with van der Waals surface area (Å²) in [6.45, 7) is 7.89. The quantitative estimate of drug-likeness (QED) is 0.804. The van der Waals surface area contributed by atoms with Crippen LogP contribution in [0.1, 0.15) is 57.8 Å². The first-order chi connectivity index (χ1) is 10.3. The molecule has 0 aromatic carbocycles. The lowest BCUT2D eigenvalue weighted by Crippen LogP contribution is -2.57. The fraction of sp³-hybridized carbons (Fsp3) is 1.00. The van der Waals surface area contributed by atoms with Gasteiger partial charge in [-0.15, -0.1) is 0 Å². The molecule has 1 unspecified atom stereocenters. The van der Waals surface area contributed by atoms with E-state index in [4.69, 9.17) is 0 Å². The maximum absolute atomic E-state index is 3.51. The maximum Gasteiger partial charge on any atom is 0.0223 e. The highest BCUT2D eigenvalue weighted by Crippen LogP contribution is 2.36. The van der Waals surface area contributed by atoms with E-state index in [9.17, 15) is 0 Å². The zero-order valence-electron chi connectivity index (χ0n) is 14.1. The van der Waals surface area contributed by atoms with Gasteiger partial charge in [-0.3, -0.25) is 9.80 Å². The van der Waals surface area contributed by atoms with Crippen LogP contribution in [0.5, 0.6) is 0 Å². The van der Waals surface area contributed by atoms with Crippen LogP contribution >= 0.6 is 0 Å². The lowest BCUT2D eigenvalue weighted by atomic mass is 9.79. The van der Waals surface area contributed by atoms with Crippen LogP contribution in [-0.4, -0.2) is 62.2 Å². The third-order valence-corrected chi connectivity index (χ3v) is 6.20. The minimum absolute atomic E-state index is 0.558. The summed E-state index contributed by atoms with van der Waals surface area (Å²) in [5.74, 6) is 0. The lowest BCUT2D eigenvalue weighted by molar-refractivity contribution is 0.0219. The molecule has 1 N–H and O–H groups in total. The number of rotatable bonds is 4. The zero-order chi connectivity index (χ0) is 14.5. The molecule has 0 aromatic rings. The van der Waals surface area contributed by atoms with Crippen molar-refractivity contribution in [3.63, 3.8) is 0 Å². The summed E-state index contributed by atoms with van der Waals surface area (Å²) in [6, 6.07) is 0.866. The molecule has 0 bridgehead atoms. The van der Waals surface area contributed by atoms with Crippen LogP contribution in [0.25, 0.3) is 0 Å². The Hall–Kier alpha value is -0.120. The smallest absolute Gasteiger partial charge is 0.0223 e. The molecule has 3 fully saturated rings. The molecule has 3 rings (SSSR count). The molecule has 0 spiro atoms. The number of fused-ring (bicyclic) bond motifs is 1. The predicted molar refractivity (Wildman–Crippen MR) is 89.7 cm³/mol. The highest BCUT2D eigenvalue weighted by atomic mass is 15.3. The van der Waals surface area contributed by atoms with Gasteiger partial charge in [-0.05, 0) is 44.7 Å². The largest absolute Gasteiger partial charge is 0.319 e. The number of piperazine rings is 1. The van der Waals surface area contributed by atoms with Crippen LogP contribution in [0, 0.1) is 5.41 Å². The molecule has 21 heavy (non-hydrogen) atoms. The average Bonchev–Trinajstić information content (AvgIpc) is 2.73. The Kier molecular flexibility index (Phi) is 5.58. The number of hydrogen-bond donors (Lipinski definition) is 1. The molecule has 2 aliphatic heterocycles. The Bertz CT molecular complexity index is 310. The van der Waals surface area contributed by atoms with Gasteiger partial charge in [0, 0.05) is 38.8 Å². The van der Waals surface area contributed by atoms with Crippen molar-refractivity contribution in [1.29, 1.82) is 0 Å². The number of nitrogens with zero attached hydrogens (tertiary/aromatic N) is 2. The average molecular weight is 293 g/mol. The molecule has 3 aliphatic rings. The third-order valence-electron chi connectivity index (χ3n) is 6.20. The summed E-state index contributed by atoms with van der Waals surface area (Å²) in [4.78, 5) is 5.58. The summed E-state index contributed by atoms with van der Waals surface area (Å²) in [7, 11) is 2.14. The minimum Gasteiger partial charge on any atom is -0.319 e. The molecule has 3 heteroatoms. The van der Waals surface area contributed by atoms with Crippen LogP contribution < -0.4 is 5.32 Å². The molecule has 1 atom stereocenters. The second-order valence-electron chi connectivity index (χ2n) is 7.87. The Morgan fingerprint density at radius 2 is 1.76 bits per heavy atom. The summed E-state index contributed by atoms with van der Waals surface area (Å²) in [6.07, 6.45) is 13.0. The van der Waals surface area contributed by atoms with Crippen LogP contribution in [0.3, 0.4) is 0 Å². The van der Waals surface area contributed by atoms with Crippen molar-refractivity contribution < 1.29 is 0 Å². The van der Waals surface area contributed by atoms with Gasteiger partial charge in [0.1, 0.15) is 0 Å². The highest BCUT2D eigenvalue weighted by molar-refractivity contribution is 4.91. The van der Waals surface area contributed by atoms with Gasteiger partial charge in [0.25, 0.3) is 0 Å². The standard InChI is InChI=1S/C18H35N3/c1-19-15-18(9-5-2-3-6-10-18)16-20-12-13-21-11-7-4-8-17(21)14-20/h17,19H,2-16H2,1H3. The fourth-order valence-corrected chi connectivity index (χ4v) is 5.08. The van der Waals surface area contributed by atoms with E-state index in [0.717, 1.165) is 6.04 Å². The SMILES string of the molecule is CNCC1(CN2CCN3CCCCC3C2)CCCCCC1. The Balaban J connectivity index is 1.59. The molecule has 122 valence electrons. The van der Waals surface area contributed by atoms with E-state index in [-0.39, 0.29) is 0 Å². The first-order valence-electron chi connectivity index (χ1n) is 9.42. The van der Waals surface area contributed by atoms with Gasteiger partial charge >= 0.3 is 0 Å². The van der Waals surface area contributed by atoms with E-state index in [1.807, 2.05) is 0 Å². The molecule has 2 saturated heterocycles. The summed E-state index contributed by atoms with van der Waals surface area (Å²) in [5.41, 5.74) is 0.558. The third kappa shape index (κ3) is 4.00. The zero-order valence-corrected chi connectivity index (χ0v) is 14.1. The summed E-state index contributed by atoms with van der Waals surface area (Å²) in [5, 5.41) is 3.51. The van der Waals surface area contributed by atoms with Gasteiger partial charge in [0.2, 0.25) is 0 Å². The van der Waals surface area contributed by atoms with E-state index >= 15 is 0 Å². The molecule has 1 aliphatic carbocycles. The minimum atomic E-state index is 0.558. The normalized spacial score (nSPS) is 31.6. The van der Waals surface area contributed by atoms with Gasteiger partial charge in [-0.2, -0.15) is 0 Å². The van der Waals surface area contributed by atoms with Crippen molar-refractivity contribution >= 4 is 0 Å². The van der Waals surface area contributed by atoms with Crippen molar-refractivity contribution in [3.8, 4) is 0 Å². The molecule has 3 nitrogen and oxygen atoms in total. The van der Waals surface area contributed by atoms with E-state index in [1.165, 1.54) is 97.1 Å². The Labute approximate surface area is 131 Å². The van der Waals surface area contributed by atoms with Gasteiger partial charge < -0.3 is 5.32 Å². The first kappa shape index (κ1) is 15.8. The maximum atomic E-state index is 3.51. The van der Waals surface area contributed by atoms with Crippen molar-refractivity contribution in [1.82, 2.24) is 15.1 Å². The van der Waals surface area contributed by atoms with Crippen molar-refractivity contribution in [2.24, 2.45) is 5.41 Å². The Morgan fingerprint density at radius 1 is 0.952 bits per heavy atom. The number of piperidine rings is 1. The van der Waals surface area contributed by atoms with E-state index in [2.05, 4.69) is 22.2 Å². The topological polar surface area (TPSA) is 18.5 Å². The van der Waals surface area contributed by atoms with Crippen molar-refractivity contribution in [3.05, 3.63) is 0 Å². The molecular weight excluding hydrogens is 258 g/mol. The molecule has 1 saturated carbocycles. The van der Waals surface area contributed by atoms with Gasteiger partial charge in [-0.25, -0.2) is 0 Å². The predicted octanol–water partition coefficient (Wildman–Crippen LogP) is 2.72. The second-order valence-corrected chi connectivity index (χ2v) is 7.87. The van der Waals surface area contributed by atoms with Crippen LogP contribution in [0.4, 0.5) is 0 Å². The number of nitrogens with one attached hydrogen (secondary N) is 1. The molecular formula is C18H35N3. The van der Waals surface area contributed by atoms with Gasteiger partial charge in [0.15, 0.2) is 0 Å². The monoisotopic (exact) mass is 293 g/mol. The van der Waals surface area contributed by atoms with Crippen molar-refractivity contribution in [2.75, 3.05) is 46.3 Å². The van der Waals surface area contributed by atoms with Gasteiger partial charge in [-0.1, -0.05) is 32.1 Å². The lowest BCUT2D eigenvalue weighted by Gasteiger charge is -2.47. The summed E-state index contributed by atoms with van der Waals surface area (Å²) < 4.78 is 0. The van der Waals surface area contributed by atoms with Crippen LogP contribution in [-0.2, 0) is 0 Å². The van der Waals surface area contributed by atoms with E-state index in [1.54, 1.807) is 0 Å². The molecule has 0 aromatic heterocycles. The van der Waals surface area contributed by atoms with E-state index in [0.29, 0.717) is 5.41 Å². The fourth-order valence-electron chi connectivity index (χ4n) is 5.08. The van der Waals surface area contributed by atoms with Gasteiger partial charge in [0.05, 0.1) is 0 Å². The first-order valence-corrected chi connectivity index (χ1v) is 9.42. The molecule has 2 heterocycles. The number of hydrogen-bond acceptors (Lipinski definition) is 3. The second kappa shape index (κ2) is 7.43. The van der Waals surface area contributed by atoms with Crippen molar-refractivity contribution in [2.45, 2.75) is 63.8 Å². The van der Waals surface area contributed by atoms with Crippen LogP contribution in [0.2, 0.25) is 0 Å². The van der Waals surface area contributed by atoms with Crippen LogP contribution in [0.15, 0.2) is 0 Å². The summed E-state index contributed by atoms with van der Waals surface area (Å²) >= 11 is 0. The van der Waals surface area contributed by atoms with E-state index < -0.39 is 0 Å². The molecule has 0 radical (unpaired) electrons. The highest BCUT2D eigenvalue weighted by Gasteiger charge is 2.35. The Morgan fingerprint density at radius 3 is 2.52 bits per heavy atom.